The molecule has 1 N–H and O–H groups in total. The lowest BCUT2D eigenvalue weighted by Gasteiger charge is -2.17. The summed E-state index contributed by atoms with van der Waals surface area (Å²) in [6, 6.07) is 12.5. The van der Waals surface area contributed by atoms with Crippen LogP contribution in [0.2, 0.25) is 0 Å². The number of amides is 1. The van der Waals surface area contributed by atoms with Gasteiger partial charge < -0.3 is 10.1 Å². The molecule has 0 aromatic heterocycles. The fourth-order valence-corrected chi connectivity index (χ4v) is 3.54. The molecule has 9 heteroatoms. The molecule has 2 aromatic carbocycles. The van der Waals surface area contributed by atoms with Crippen molar-refractivity contribution in [2.45, 2.75) is 24.9 Å². The van der Waals surface area contributed by atoms with Crippen LogP contribution in [0.15, 0.2) is 53.4 Å². The highest BCUT2D eigenvalue weighted by Gasteiger charge is 2.22. The van der Waals surface area contributed by atoms with E-state index in [1.54, 1.807) is 24.3 Å². The molecule has 0 aliphatic heterocycles. The lowest BCUT2D eigenvalue weighted by molar-refractivity contribution is -0.121. The van der Waals surface area contributed by atoms with Gasteiger partial charge in [0.15, 0.2) is 0 Å². The van der Waals surface area contributed by atoms with Gasteiger partial charge in [0.1, 0.15) is 5.75 Å². The number of hydrogen-bond donors (Lipinski definition) is 1. The Bertz CT molecular complexity index is 885. The topological polar surface area (TPSA) is 75.7 Å². The largest absolute Gasteiger partial charge is 0.435 e. The number of likely N-dealkylation sites (N-methyl/N-ethyl adjacent to an activating group) is 1. The highest BCUT2D eigenvalue weighted by molar-refractivity contribution is 7.89. The van der Waals surface area contributed by atoms with E-state index in [4.69, 9.17) is 0 Å². The van der Waals surface area contributed by atoms with Gasteiger partial charge in [0, 0.05) is 13.6 Å². The highest BCUT2D eigenvalue weighted by Crippen LogP contribution is 2.16. The monoisotopic (exact) mass is 412 g/mol. The number of benzene rings is 2. The summed E-state index contributed by atoms with van der Waals surface area (Å²) < 4.78 is 54.4. The molecule has 152 valence electrons. The minimum atomic E-state index is -3.75. The smallest absolute Gasteiger partial charge is 0.387 e. The predicted molar refractivity (Wildman–Crippen MR) is 101 cm³/mol. The molecule has 0 aliphatic carbocycles. The summed E-state index contributed by atoms with van der Waals surface area (Å²) in [7, 11) is -2.40. The SMILES string of the molecule is Cc1ccc(S(=O)(=O)N(C)CC(=O)NCCc2ccc(OC(F)F)cc2)cc1. The number of aryl methyl sites for hydroxylation is 1. The standard InChI is InChI=1S/C19H22F2N2O4S/c1-14-3-9-17(10-4-14)28(25,26)23(2)13-18(24)22-12-11-15-5-7-16(8-6-15)27-19(20)21/h3-10,19H,11-13H2,1-2H3,(H,22,24). The van der Waals surface area contributed by atoms with Gasteiger partial charge in [-0.3, -0.25) is 4.79 Å². The molecule has 28 heavy (non-hydrogen) atoms. The van der Waals surface area contributed by atoms with Gasteiger partial charge in [0.25, 0.3) is 0 Å². The van der Waals surface area contributed by atoms with Crippen LogP contribution in [0, 0.1) is 6.92 Å². The van der Waals surface area contributed by atoms with Crippen molar-refractivity contribution in [1.82, 2.24) is 9.62 Å². The van der Waals surface area contributed by atoms with Gasteiger partial charge in [0.05, 0.1) is 11.4 Å². The minimum absolute atomic E-state index is 0.0609. The van der Waals surface area contributed by atoms with Crippen LogP contribution in [0.3, 0.4) is 0 Å². The lowest BCUT2D eigenvalue weighted by Crippen LogP contribution is -2.39. The molecule has 0 fully saturated rings. The molecular weight excluding hydrogens is 390 g/mol. The average molecular weight is 412 g/mol. The van der Waals surface area contributed by atoms with E-state index in [-0.39, 0.29) is 23.7 Å². The highest BCUT2D eigenvalue weighted by atomic mass is 32.2. The number of carbonyl (C=O) groups is 1. The van der Waals surface area contributed by atoms with E-state index in [0.29, 0.717) is 6.42 Å². The molecule has 0 heterocycles. The number of ether oxygens (including phenoxy) is 1. The normalized spacial score (nSPS) is 11.6. The van der Waals surface area contributed by atoms with E-state index < -0.39 is 22.5 Å². The van der Waals surface area contributed by atoms with Gasteiger partial charge in [-0.15, -0.1) is 0 Å². The third kappa shape index (κ3) is 6.28. The molecule has 0 atom stereocenters. The van der Waals surface area contributed by atoms with Gasteiger partial charge in [-0.1, -0.05) is 29.8 Å². The molecule has 0 radical (unpaired) electrons. The van der Waals surface area contributed by atoms with E-state index in [2.05, 4.69) is 10.1 Å². The van der Waals surface area contributed by atoms with Crippen LogP contribution >= 0.6 is 0 Å². The Hall–Kier alpha value is -2.52. The van der Waals surface area contributed by atoms with E-state index in [9.17, 15) is 22.0 Å². The van der Waals surface area contributed by atoms with Crippen molar-refractivity contribution in [1.29, 1.82) is 0 Å². The van der Waals surface area contributed by atoms with Crippen LogP contribution in [-0.4, -0.2) is 45.4 Å². The molecule has 2 rings (SSSR count). The Morgan fingerprint density at radius 1 is 1.11 bits per heavy atom. The van der Waals surface area contributed by atoms with Gasteiger partial charge in [-0.2, -0.15) is 13.1 Å². The Kier molecular flexibility index (Phi) is 7.47. The summed E-state index contributed by atoms with van der Waals surface area (Å²) in [6.07, 6.45) is 0.467. The summed E-state index contributed by atoms with van der Waals surface area (Å²) >= 11 is 0. The third-order valence-electron chi connectivity index (χ3n) is 3.98. The number of nitrogens with zero attached hydrogens (tertiary/aromatic N) is 1. The van der Waals surface area contributed by atoms with Crippen LogP contribution in [0.1, 0.15) is 11.1 Å². The molecule has 0 saturated carbocycles. The first-order valence-electron chi connectivity index (χ1n) is 8.52. The van der Waals surface area contributed by atoms with Crippen molar-refractivity contribution in [3.05, 3.63) is 59.7 Å². The number of rotatable bonds is 9. The number of hydrogen-bond acceptors (Lipinski definition) is 4. The Morgan fingerprint density at radius 3 is 2.29 bits per heavy atom. The van der Waals surface area contributed by atoms with Crippen molar-refractivity contribution in [3.63, 3.8) is 0 Å². The number of sulfonamides is 1. The van der Waals surface area contributed by atoms with Crippen molar-refractivity contribution >= 4 is 15.9 Å². The van der Waals surface area contributed by atoms with Crippen molar-refractivity contribution < 1.29 is 26.7 Å². The number of halogens is 2. The molecule has 6 nitrogen and oxygen atoms in total. The fourth-order valence-electron chi connectivity index (χ4n) is 2.42. The fraction of sp³-hybridized carbons (Fsp3) is 0.316. The molecule has 2 aromatic rings. The second kappa shape index (κ2) is 9.61. The van der Waals surface area contributed by atoms with Crippen LogP contribution < -0.4 is 10.1 Å². The van der Waals surface area contributed by atoms with Gasteiger partial charge in [-0.25, -0.2) is 8.42 Å². The van der Waals surface area contributed by atoms with Crippen LogP contribution in [0.5, 0.6) is 5.75 Å². The Balaban J connectivity index is 1.82. The van der Waals surface area contributed by atoms with Crippen LogP contribution in [-0.2, 0) is 21.2 Å². The predicted octanol–water partition coefficient (Wildman–Crippen LogP) is 2.58. The maximum absolute atomic E-state index is 12.5. The maximum atomic E-state index is 12.5. The summed E-state index contributed by atoms with van der Waals surface area (Å²) in [6.45, 7) is -1.05. The van der Waals surface area contributed by atoms with Gasteiger partial charge in [0.2, 0.25) is 15.9 Å². The molecule has 0 saturated heterocycles. The summed E-state index contributed by atoms with van der Waals surface area (Å²) in [5.74, 6) is -0.374. The molecular formula is C19H22F2N2O4S. The second-order valence-electron chi connectivity index (χ2n) is 6.20. The average Bonchev–Trinajstić information content (AvgIpc) is 2.63. The second-order valence-corrected chi connectivity index (χ2v) is 8.24. The summed E-state index contributed by atoms with van der Waals surface area (Å²) in [4.78, 5) is 12.2. The number of alkyl halides is 2. The summed E-state index contributed by atoms with van der Waals surface area (Å²) in [5.41, 5.74) is 1.76. The molecule has 0 unspecified atom stereocenters. The van der Waals surface area contributed by atoms with Gasteiger partial charge >= 0.3 is 6.61 Å². The first-order chi connectivity index (χ1) is 13.2. The quantitative estimate of drug-likeness (QED) is 0.687. The van der Waals surface area contributed by atoms with Crippen LogP contribution in [0.25, 0.3) is 0 Å². The summed E-state index contributed by atoms with van der Waals surface area (Å²) in [5, 5.41) is 2.65. The zero-order valence-electron chi connectivity index (χ0n) is 15.6. The number of nitrogens with one attached hydrogen (secondary N) is 1. The van der Waals surface area contributed by atoms with E-state index in [1.165, 1.54) is 31.3 Å². The Morgan fingerprint density at radius 2 is 1.71 bits per heavy atom. The van der Waals surface area contributed by atoms with Crippen LogP contribution in [0.4, 0.5) is 8.78 Å². The first kappa shape index (κ1) is 21.8. The zero-order chi connectivity index (χ0) is 20.7. The van der Waals surface area contributed by atoms with Crippen molar-refractivity contribution in [2.24, 2.45) is 0 Å². The molecule has 0 bridgehead atoms. The maximum Gasteiger partial charge on any atom is 0.387 e. The van der Waals surface area contributed by atoms with E-state index in [0.717, 1.165) is 15.4 Å². The molecule has 1 amide bonds. The van der Waals surface area contributed by atoms with Crippen molar-refractivity contribution in [2.75, 3.05) is 20.1 Å². The third-order valence-corrected chi connectivity index (χ3v) is 5.80. The van der Waals surface area contributed by atoms with E-state index in [1.807, 2.05) is 6.92 Å². The zero-order valence-corrected chi connectivity index (χ0v) is 16.4. The minimum Gasteiger partial charge on any atom is -0.435 e. The van der Waals surface area contributed by atoms with E-state index >= 15 is 0 Å². The molecule has 0 spiro atoms. The molecule has 0 aliphatic rings. The lowest BCUT2D eigenvalue weighted by atomic mass is 10.1. The first-order valence-corrected chi connectivity index (χ1v) is 9.96. The Labute approximate surface area is 163 Å². The number of carbonyl (C=O) groups excluding carboxylic acids is 1. The van der Waals surface area contributed by atoms with Gasteiger partial charge in [-0.05, 0) is 43.2 Å². The van der Waals surface area contributed by atoms with Crippen molar-refractivity contribution in [3.8, 4) is 5.75 Å².